The molecule has 0 aliphatic carbocycles. The molecule has 2 aromatic carbocycles. The monoisotopic (exact) mass is 374 g/mol. The van der Waals surface area contributed by atoms with Gasteiger partial charge in [0.1, 0.15) is 5.76 Å². The summed E-state index contributed by atoms with van der Waals surface area (Å²) in [6, 6.07) is 14.2. The minimum absolute atomic E-state index is 0.00515. The first-order chi connectivity index (χ1) is 12.8. The minimum Gasteiger partial charge on any atom is -0.441 e. The summed E-state index contributed by atoms with van der Waals surface area (Å²) in [5.74, 6) is 0.611. The minimum atomic E-state index is -4.41. The number of carbonyl (C=O) groups excluding carboxylic acids is 1. The number of nitrogens with one attached hydrogen (secondary N) is 1. The number of rotatable bonds is 5. The van der Waals surface area contributed by atoms with Crippen molar-refractivity contribution in [2.45, 2.75) is 26.1 Å². The summed E-state index contributed by atoms with van der Waals surface area (Å²) in [5, 5.41) is 2.61. The van der Waals surface area contributed by atoms with Crippen LogP contribution in [0.25, 0.3) is 11.5 Å². The molecule has 0 bridgehead atoms. The van der Waals surface area contributed by atoms with Crippen molar-refractivity contribution >= 4 is 5.91 Å². The molecule has 3 aromatic rings. The van der Waals surface area contributed by atoms with Gasteiger partial charge in [-0.3, -0.25) is 4.79 Å². The number of halogens is 3. The summed E-state index contributed by atoms with van der Waals surface area (Å²) in [4.78, 5) is 16.5. The first kappa shape index (κ1) is 18.7. The second-order valence-electron chi connectivity index (χ2n) is 6.04. The van der Waals surface area contributed by atoms with E-state index >= 15 is 0 Å². The molecule has 0 aliphatic rings. The van der Waals surface area contributed by atoms with Gasteiger partial charge in [-0.25, -0.2) is 4.98 Å². The highest BCUT2D eigenvalue weighted by molar-refractivity contribution is 5.78. The van der Waals surface area contributed by atoms with Crippen LogP contribution in [0.15, 0.2) is 59.0 Å². The number of nitrogens with zero attached hydrogens (tertiary/aromatic N) is 1. The molecule has 27 heavy (non-hydrogen) atoms. The maximum Gasteiger partial charge on any atom is 0.416 e. The Morgan fingerprint density at radius 1 is 1.11 bits per heavy atom. The van der Waals surface area contributed by atoms with Gasteiger partial charge in [0.05, 0.1) is 17.7 Å². The number of alkyl halides is 3. The molecular formula is C20H17F3N2O2. The zero-order valence-electron chi connectivity index (χ0n) is 14.5. The molecule has 140 valence electrons. The first-order valence-electron chi connectivity index (χ1n) is 8.27. The SMILES string of the molecule is Cc1oc(-c2ccccc2)nc1CC(=O)NCc1cccc(C(F)(F)F)c1. The molecule has 0 saturated carbocycles. The van der Waals surface area contributed by atoms with E-state index in [9.17, 15) is 18.0 Å². The molecule has 0 aliphatic heterocycles. The summed E-state index contributed by atoms with van der Waals surface area (Å²) in [5.41, 5.74) is 0.931. The molecule has 3 rings (SSSR count). The van der Waals surface area contributed by atoms with E-state index in [-0.39, 0.29) is 18.9 Å². The van der Waals surface area contributed by atoms with Gasteiger partial charge < -0.3 is 9.73 Å². The lowest BCUT2D eigenvalue weighted by Crippen LogP contribution is -2.25. The van der Waals surface area contributed by atoms with Crippen LogP contribution in [0.2, 0.25) is 0 Å². The van der Waals surface area contributed by atoms with Gasteiger partial charge in [-0.2, -0.15) is 13.2 Å². The third kappa shape index (κ3) is 4.75. The molecule has 4 nitrogen and oxygen atoms in total. The molecule has 0 fully saturated rings. The average Bonchev–Trinajstić information content (AvgIpc) is 3.01. The topological polar surface area (TPSA) is 55.1 Å². The predicted octanol–water partition coefficient (Wildman–Crippen LogP) is 4.53. The lowest BCUT2D eigenvalue weighted by molar-refractivity contribution is -0.137. The molecule has 1 aromatic heterocycles. The Morgan fingerprint density at radius 2 is 1.85 bits per heavy atom. The number of benzene rings is 2. The normalized spacial score (nSPS) is 11.4. The molecule has 0 spiro atoms. The number of aromatic nitrogens is 1. The van der Waals surface area contributed by atoms with Crippen LogP contribution >= 0.6 is 0 Å². The molecule has 0 saturated heterocycles. The van der Waals surface area contributed by atoms with Crippen molar-refractivity contribution in [3.8, 4) is 11.5 Å². The molecule has 7 heteroatoms. The Hall–Kier alpha value is -3.09. The quantitative estimate of drug-likeness (QED) is 0.714. The molecule has 0 unspecified atom stereocenters. The Balaban J connectivity index is 1.63. The van der Waals surface area contributed by atoms with E-state index in [4.69, 9.17) is 4.42 Å². The Bertz CT molecular complexity index is 934. The molecule has 1 heterocycles. The van der Waals surface area contributed by atoms with Crippen molar-refractivity contribution in [1.82, 2.24) is 10.3 Å². The van der Waals surface area contributed by atoms with Crippen molar-refractivity contribution in [3.63, 3.8) is 0 Å². The first-order valence-corrected chi connectivity index (χ1v) is 8.27. The van der Waals surface area contributed by atoms with E-state index in [1.54, 1.807) is 6.92 Å². The van der Waals surface area contributed by atoms with Gasteiger partial charge in [-0.1, -0.05) is 30.3 Å². The van der Waals surface area contributed by atoms with Crippen molar-refractivity contribution in [2.24, 2.45) is 0 Å². The largest absolute Gasteiger partial charge is 0.441 e. The van der Waals surface area contributed by atoms with E-state index in [2.05, 4.69) is 10.3 Å². The molecule has 1 amide bonds. The van der Waals surface area contributed by atoms with Gasteiger partial charge in [0.2, 0.25) is 11.8 Å². The molecule has 0 atom stereocenters. The number of amides is 1. The van der Waals surface area contributed by atoms with Crippen LogP contribution in [0.3, 0.4) is 0 Å². The highest BCUT2D eigenvalue weighted by Crippen LogP contribution is 2.29. The lowest BCUT2D eigenvalue weighted by Gasteiger charge is -2.09. The molecule has 1 N–H and O–H groups in total. The third-order valence-corrected chi connectivity index (χ3v) is 3.99. The van der Waals surface area contributed by atoms with Crippen LogP contribution in [0.5, 0.6) is 0 Å². The Labute approximate surface area is 154 Å². The highest BCUT2D eigenvalue weighted by atomic mass is 19.4. The van der Waals surface area contributed by atoms with E-state index in [0.29, 0.717) is 22.9 Å². The standard InChI is InChI=1S/C20H17F3N2O2/c1-13-17(25-19(27-13)15-7-3-2-4-8-15)11-18(26)24-12-14-6-5-9-16(10-14)20(21,22)23/h2-10H,11-12H2,1H3,(H,24,26). The Morgan fingerprint density at radius 3 is 2.56 bits per heavy atom. The molecule has 0 radical (unpaired) electrons. The van der Waals surface area contributed by atoms with Crippen molar-refractivity contribution in [2.75, 3.05) is 0 Å². The van der Waals surface area contributed by atoms with E-state index < -0.39 is 11.7 Å². The van der Waals surface area contributed by atoms with Crippen LogP contribution in [-0.4, -0.2) is 10.9 Å². The van der Waals surface area contributed by atoms with Gasteiger partial charge in [0, 0.05) is 12.1 Å². The summed E-state index contributed by atoms with van der Waals surface area (Å²) in [6.07, 6.45) is -4.42. The number of hydrogen-bond acceptors (Lipinski definition) is 3. The maximum atomic E-state index is 12.7. The summed E-state index contributed by atoms with van der Waals surface area (Å²) >= 11 is 0. The van der Waals surface area contributed by atoms with Crippen molar-refractivity contribution < 1.29 is 22.4 Å². The van der Waals surface area contributed by atoms with E-state index in [1.165, 1.54) is 12.1 Å². The fourth-order valence-corrected chi connectivity index (χ4v) is 2.57. The number of carbonyl (C=O) groups is 1. The van der Waals surface area contributed by atoms with Crippen LogP contribution in [-0.2, 0) is 23.9 Å². The second kappa shape index (κ2) is 7.65. The van der Waals surface area contributed by atoms with Gasteiger partial charge in [-0.15, -0.1) is 0 Å². The number of hydrogen-bond donors (Lipinski definition) is 1. The zero-order valence-corrected chi connectivity index (χ0v) is 14.5. The average molecular weight is 374 g/mol. The zero-order chi connectivity index (χ0) is 19.4. The van der Waals surface area contributed by atoms with E-state index in [0.717, 1.165) is 17.7 Å². The van der Waals surface area contributed by atoms with E-state index in [1.807, 2.05) is 30.3 Å². The van der Waals surface area contributed by atoms with Gasteiger partial charge in [0.15, 0.2) is 0 Å². The molecular weight excluding hydrogens is 357 g/mol. The maximum absolute atomic E-state index is 12.7. The van der Waals surface area contributed by atoms with Gasteiger partial charge in [0.25, 0.3) is 0 Å². The second-order valence-corrected chi connectivity index (χ2v) is 6.04. The summed E-state index contributed by atoms with van der Waals surface area (Å²) < 4.78 is 43.8. The van der Waals surface area contributed by atoms with Crippen LogP contribution < -0.4 is 5.32 Å². The predicted molar refractivity (Wildman–Crippen MR) is 93.7 cm³/mol. The summed E-state index contributed by atoms with van der Waals surface area (Å²) in [6.45, 7) is 1.72. The van der Waals surface area contributed by atoms with Crippen molar-refractivity contribution in [3.05, 3.63) is 77.2 Å². The number of aryl methyl sites for hydroxylation is 1. The van der Waals surface area contributed by atoms with Gasteiger partial charge in [-0.05, 0) is 36.8 Å². The number of oxazole rings is 1. The smallest absolute Gasteiger partial charge is 0.416 e. The third-order valence-electron chi connectivity index (χ3n) is 3.99. The van der Waals surface area contributed by atoms with Crippen LogP contribution in [0.1, 0.15) is 22.6 Å². The van der Waals surface area contributed by atoms with Gasteiger partial charge >= 0.3 is 6.18 Å². The fraction of sp³-hybridized carbons (Fsp3) is 0.200. The highest BCUT2D eigenvalue weighted by Gasteiger charge is 2.30. The lowest BCUT2D eigenvalue weighted by atomic mass is 10.1. The van der Waals surface area contributed by atoms with Crippen LogP contribution in [0.4, 0.5) is 13.2 Å². The summed E-state index contributed by atoms with van der Waals surface area (Å²) in [7, 11) is 0. The van der Waals surface area contributed by atoms with Crippen molar-refractivity contribution in [1.29, 1.82) is 0 Å². The van der Waals surface area contributed by atoms with Crippen LogP contribution in [0, 0.1) is 6.92 Å². The Kier molecular flexibility index (Phi) is 5.30. The fourth-order valence-electron chi connectivity index (χ4n) is 2.57.